The Morgan fingerprint density at radius 1 is 0.931 bits per heavy atom. The standard InChI is InChI=1S/C23H16F2N2O2/c24-23(25)29-20-13-7-4-10-16(20)14-17(21(28)15-8-2-1-3-9-15)22-26-18-11-5-6-12-19(18)27-22/h1-14,23H,(H,26,27). The molecule has 4 nitrogen and oxygen atoms in total. The molecule has 29 heavy (non-hydrogen) atoms. The van der Waals surface area contributed by atoms with Crippen LogP contribution in [0, 0.1) is 0 Å². The smallest absolute Gasteiger partial charge is 0.387 e. The molecule has 1 N–H and O–H groups in total. The number of para-hydroxylation sites is 3. The first-order valence-electron chi connectivity index (χ1n) is 8.92. The molecule has 0 saturated heterocycles. The molecule has 0 aliphatic carbocycles. The fourth-order valence-corrected chi connectivity index (χ4v) is 3.03. The third kappa shape index (κ3) is 4.06. The minimum Gasteiger partial charge on any atom is -0.434 e. The van der Waals surface area contributed by atoms with E-state index in [9.17, 15) is 13.6 Å². The lowest BCUT2D eigenvalue weighted by molar-refractivity contribution is -0.0499. The zero-order valence-corrected chi connectivity index (χ0v) is 15.2. The van der Waals surface area contributed by atoms with Crippen LogP contribution in [0.5, 0.6) is 5.75 Å². The van der Waals surface area contributed by atoms with Crippen LogP contribution in [0.25, 0.3) is 22.7 Å². The van der Waals surface area contributed by atoms with E-state index in [0.29, 0.717) is 22.5 Å². The summed E-state index contributed by atoms with van der Waals surface area (Å²) in [6.07, 6.45) is 1.52. The van der Waals surface area contributed by atoms with Gasteiger partial charge in [0.25, 0.3) is 0 Å². The lowest BCUT2D eigenvalue weighted by Gasteiger charge is -2.09. The Morgan fingerprint density at radius 3 is 2.38 bits per heavy atom. The van der Waals surface area contributed by atoms with Gasteiger partial charge in [-0.25, -0.2) is 4.98 Å². The summed E-state index contributed by atoms with van der Waals surface area (Å²) in [5.74, 6) is 0.0559. The van der Waals surface area contributed by atoms with Crippen LogP contribution < -0.4 is 4.74 Å². The predicted molar refractivity (Wildman–Crippen MR) is 108 cm³/mol. The van der Waals surface area contributed by atoms with E-state index in [4.69, 9.17) is 0 Å². The predicted octanol–water partition coefficient (Wildman–Crippen LogP) is 5.59. The molecule has 0 amide bonds. The number of carbonyl (C=O) groups is 1. The second-order valence-corrected chi connectivity index (χ2v) is 6.27. The van der Waals surface area contributed by atoms with Gasteiger partial charge in [-0.3, -0.25) is 4.79 Å². The van der Waals surface area contributed by atoms with Gasteiger partial charge in [-0.05, 0) is 24.3 Å². The molecule has 0 atom stereocenters. The Labute approximate surface area is 165 Å². The maximum Gasteiger partial charge on any atom is 0.387 e. The highest BCUT2D eigenvalue weighted by molar-refractivity contribution is 6.32. The number of aromatic amines is 1. The topological polar surface area (TPSA) is 55.0 Å². The average Bonchev–Trinajstić information content (AvgIpc) is 3.17. The van der Waals surface area contributed by atoms with Gasteiger partial charge in [0, 0.05) is 11.1 Å². The van der Waals surface area contributed by atoms with Crippen molar-refractivity contribution in [3.05, 3.63) is 95.8 Å². The number of H-pyrrole nitrogens is 1. The third-order valence-electron chi connectivity index (χ3n) is 4.36. The van der Waals surface area contributed by atoms with Gasteiger partial charge in [-0.1, -0.05) is 60.7 Å². The number of benzene rings is 3. The van der Waals surface area contributed by atoms with Crippen LogP contribution in [0.2, 0.25) is 0 Å². The first-order chi connectivity index (χ1) is 14.1. The van der Waals surface area contributed by atoms with Crippen molar-refractivity contribution in [1.82, 2.24) is 9.97 Å². The van der Waals surface area contributed by atoms with E-state index in [2.05, 4.69) is 14.7 Å². The number of fused-ring (bicyclic) bond motifs is 1. The van der Waals surface area contributed by atoms with E-state index < -0.39 is 6.61 Å². The Hall–Kier alpha value is -3.80. The fraction of sp³-hybridized carbons (Fsp3) is 0.0435. The van der Waals surface area contributed by atoms with Gasteiger partial charge in [0.1, 0.15) is 11.6 Å². The molecule has 0 saturated carbocycles. The summed E-state index contributed by atoms with van der Waals surface area (Å²) in [5, 5.41) is 0. The second kappa shape index (κ2) is 8.06. The maximum absolute atomic E-state index is 13.2. The lowest BCUT2D eigenvalue weighted by Crippen LogP contribution is -2.06. The van der Waals surface area contributed by atoms with Gasteiger partial charge >= 0.3 is 6.61 Å². The van der Waals surface area contributed by atoms with E-state index in [0.717, 1.165) is 5.52 Å². The van der Waals surface area contributed by atoms with Gasteiger partial charge in [-0.2, -0.15) is 8.78 Å². The summed E-state index contributed by atoms with van der Waals surface area (Å²) in [6, 6.07) is 22.4. The molecule has 0 unspecified atom stereocenters. The van der Waals surface area contributed by atoms with Crippen molar-refractivity contribution < 1.29 is 18.3 Å². The molecular formula is C23H16F2N2O2. The van der Waals surface area contributed by atoms with Gasteiger partial charge in [0.05, 0.1) is 16.6 Å². The first-order valence-corrected chi connectivity index (χ1v) is 8.92. The first kappa shape index (κ1) is 18.6. The van der Waals surface area contributed by atoms with Crippen molar-refractivity contribution in [2.45, 2.75) is 6.61 Å². The van der Waals surface area contributed by atoms with Gasteiger partial charge < -0.3 is 9.72 Å². The Balaban J connectivity index is 1.87. The highest BCUT2D eigenvalue weighted by Crippen LogP contribution is 2.28. The number of nitrogens with zero attached hydrogens (tertiary/aromatic N) is 1. The second-order valence-electron chi connectivity index (χ2n) is 6.27. The van der Waals surface area contributed by atoms with Crippen LogP contribution in [0.3, 0.4) is 0 Å². The highest BCUT2D eigenvalue weighted by Gasteiger charge is 2.19. The number of allylic oxidation sites excluding steroid dienone is 1. The quantitative estimate of drug-likeness (QED) is 0.345. The number of imidazole rings is 1. The molecular weight excluding hydrogens is 374 g/mol. The van der Waals surface area contributed by atoms with Crippen molar-refractivity contribution in [3.63, 3.8) is 0 Å². The minimum atomic E-state index is -2.97. The largest absolute Gasteiger partial charge is 0.434 e. The van der Waals surface area contributed by atoms with Crippen LogP contribution in [-0.2, 0) is 0 Å². The van der Waals surface area contributed by atoms with Crippen LogP contribution >= 0.6 is 0 Å². The maximum atomic E-state index is 13.2. The Kier molecular flexibility index (Phi) is 5.16. The highest BCUT2D eigenvalue weighted by atomic mass is 19.3. The summed E-state index contributed by atoms with van der Waals surface area (Å²) < 4.78 is 30.2. The van der Waals surface area contributed by atoms with Gasteiger partial charge in [0.2, 0.25) is 0 Å². The van der Waals surface area contributed by atoms with E-state index in [1.807, 2.05) is 30.3 Å². The number of halogens is 2. The molecule has 0 aliphatic rings. The van der Waals surface area contributed by atoms with Crippen LogP contribution in [0.15, 0.2) is 78.9 Å². The van der Waals surface area contributed by atoms with Crippen LogP contribution in [0.4, 0.5) is 8.78 Å². The normalized spacial score (nSPS) is 11.8. The molecule has 0 spiro atoms. The lowest BCUT2D eigenvalue weighted by atomic mass is 10.00. The molecule has 0 aliphatic heterocycles. The zero-order valence-electron chi connectivity index (χ0n) is 15.2. The summed E-state index contributed by atoms with van der Waals surface area (Å²) >= 11 is 0. The van der Waals surface area contributed by atoms with Gasteiger partial charge in [0.15, 0.2) is 5.78 Å². The van der Waals surface area contributed by atoms with Gasteiger partial charge in [-0.15, -0.1) is 0 Å². The molecule has 0 radical (unpaired) electrons. The number of ether oxygens (including phenoxy) is 1. The number of carbonyl (C=O) groups excluding carboxylic acids is 1. The molecule has 6 heteroatoms. The number of aromatic nitrogens is 2. The molecule has 1 heterocycles. The molecule has 4 aromatic rings. The fourth-order valence-electron chi connectivity index (χ4n) is 3.03. The minimum absolute atomic E-state index is 0.0167. The monoisotopic (exact) mass is 390 g/mol. The number of rotatable bonds is 6. The number of hydrogen-bond donors (Lipinski definition) is 1. The Bertz CT molecular complexity index is 1150. The van der Waals surface area contributed by atoms with Crippen LogP contribution in [-0.4, -0.2) is 22.4 Å². The van der Waals surface area contributed by atoms with E-state index >= 15 is 0 Å². The van der Waals surface area contributed by atoms with Crippen LogP contribution in [0.1, 0.15) is 21.7 Å². The number of alkyl halides is 2. The van der Waals surface area contributed by atoms with Crippen molar-refractivity contribution in [2.75, 3.05) is 0 Å². The van der Waals surface area contributed by atoms with E-state index in [1.165, 1.54) is 12.1 Å². The van der Waals surface area contributed by atoms with E-state index in [-0.39, 0.29) is 17.1 Å². The summed E-state index contributed by atoms with van der Waals surface area (Å²) in [5.41, 5.74) is 2.54. The number of ketones is 1. The van der Waals surface area contributed by atoms with E-state index in [1.54, 1.807) is 42.5 Å². The van der Waals surface area contributed by atoms with Crippen molar-refractivity contribution in [3.8, 4) is 5.75 Å². The third-order valence-corrected chi connectivity index (χ3v) is 4.36. The van der Waals surface area contributed by atoms with Crippen molar-refractivity contribution in [2.24, 2.45) is 0 Å². The molecule has 4 rings (SSSR count). The number of Topliss-reactive ketones (excluding diaryl/α,β-unsaturated/α-hetero) is 1. The summed E-state index contributed by atoms with van der Waals surface area (Å²) in [7, 11) is 0. The number of nitrogens with one attached hydrogen (secondary N) is 1. The Morgan fingerprint density at radius 2 is 1.62 bits per heavy atom. The molecule has 1 aromatic heterocycles. The molecule has 0 bridgehead atoms. The summed E-state index contributed by atoms with van der Waals surface area (Å²) in [4.78, 5) is 20.9. The molecule has 3 aromatic carbocycles. The molecule has 144 valence electrons. The zero-order chi connectivity index (χ0) is 20.2. The molecule has 0 fully saturated rings. The number of hydrogen-bond acceptors (Lipinski definition) is 3. The SMILES string of the molecule is O=C(C(=Cc1ccccc1OC(F)F)c1nc2ccccc2[nH]1)c1ccccc1. The average molecular weight is 390 g/mol. The van der Waals surface area contributed by atoms with Crippen molar-refractivity contribution in [1.29, 1.82) is 0 Å². The summed E-state index contributed by atoms with van der Waals surface area (Å²) in [6.45, 7) is -2.97. The van der Waals surface area contributed by atoms with Crippen molar-refractivity contribution >= 4 is 28.5 Å².